The molecule has 0 fully saturated rings. The van der Waals surface area contributed by atoms with Gasteiger partial charge in [0.2, 0.25) is 0 Å². The van der Waals surface area contributed by atoms with E-state index in [2.05, 4.69) is 0 Å². The van der Waals surface area contributed by atoms with Gasteiger partial charge in [-0.05, 0) is 17.5 Å². The molecule has 0 aliphatic heterocycles. The monoisotopic (exact) mass is 225 g/mol. The summed E-state index contributed by atoms with van der Waals surface area (Å²) >= 11 is 0. The van der Waals surface area contributed by atoms with Crippen LogP contribution in [-0.4, -0.2) is 5.11 Å². The Bertz CT molecular complexity index is 512. The van der Waals surface area contributed by atoms with Gasteiger partial charge in [-0.2, -0.15) is 0 Å². The lowest BCUT2D eigenvalue weighted by atomic mass is 10.1. The van der Waals surface area contributed by atoms with Gasteiger partial charge in [0.15, 0.2) is 11.6 Å². The van der Waals surface area contributed by atoms with Gasteiger partial charge in [-0.25, -0.2) is 8.78 Å². The number of rotatable bonds is 0. The number of halogens is 2. The van der Waals surface area contributed by atoms with Crippen molar-refractivity contribution in [3.05, 3.63) is 35.9 Å². The second-order valence-corrected chi connectivity index (χ2v) is 2.99. The third kappa shape index (κ3) is 2.05. The number of phenols is 1. The van der Waals surface area contributed by atoms with Gasteiger partial charge in [-0.3, -0.25) is 0 Å². The second kappa shape index (κ2) is 4.79. The fraction of sp³-hybridized carbons (Fsp3) is 0.167. The summed E-state index contributed by atoms with van der Waals surface area (Å²) in [6.07, 6.45) is 0. The van der Waals surface area contributed by atoms with Crippen molar-refractivity contribution in [2.45, 2.75) is 13.8 Å². The van der Waals surface area contributed by atoms with E-state index in [9.17, 15) is 13.9 Å². The molecule has 0 radical (unpaired) electrons. The Kier molecular flexibility index (Phi) is 3.66. The van der Waals surface area contributed by atoms with E-state index in [4.69, 9.17) is 5.73 Å². The molecule has 0 aliphatic rings. The van der Waals surface area contributed by atoms with Crippen molar-refractivity contribution in [1.29, 1.82) is 0 Å². The molecule has 0 saturated carbocycles. The van der Waals surface area contributed by atoms with Gasteiger partial charge in [0.25, 0.3) is 0 Å². The molecule has 0 amide bonds. The highest BCUT2D eigenvalue weighted by molar-refractivity contribution is 5.94. The van der Waals surface area contributed by atoms with E-state index in [0.717, 1.165) is 6.07 Å². The molecule has 2 aromatic carbocycles. The summed E-state index contributed by atoms with van der Waals surface area (Å²) in [7, 11) is 0. The van der Waals surface area contributed by atoms with Gasteiger partial charge in [-0.1, -0.05) is 19.9 Å². The fourth-order valence-corrected chi connectivity index (χ4v) is 1.41. The Morgan fingerprint density at radius 2 is 1.75 bits per heavy atom. The predicted octanol–water partition coefficient (Wildman–Crippen LogP) is 3.43. The van der Waals surface area contributed by atoms with Crippen LogP contribution in [0.4, 0.5) is 14.5 Å². The first kappa shape index (κ1) is 12.2. The highest BCUT2D eigenvalue weighted by Crippen LogP contribution is 2.29. The van der Waals surface area contributed by atoms with Crippen molar-refractivity contribution in [3.8, 4) is 5.75 Å². The molecule has 0 aromatic heterocycles. The number of anilines is 1. The van der Waals surface area contributed by atoms with Crippen LogP contribution in [0.25, 0.3) is 10.8 Å². The van der Waals surface area contributed by atoms with Crippen LogP contribution in [0.15, 0.2) is 24.3 Å². The van der Waals surface area contributed by atoms with E-state index in [1.807, 2.05) is 13.8 Å². The number of aromatic hydroxyl groups is 1. The van der Waals surface area contributed by atoms with Crippen LogP contribution in [0.1, 0.15) is 13.8 Å². The van der Waals surface area contributed by atoms with Gasteiger partial charge in [0.05, 0.1) is 0 Å². The van der Waals surface area contributed by atoms with Crippen LogP contribution in [0.2, 0.25) is 0 Å². The Labute approximate surface area is 92.3 Å². The first-order valence-corrected chi connectivity index (χ1v) is 4.96. The minimum absolute atomic E-state index is 0.00259. The fourth-order valence-electron chi connectivity index (χ4n) is 1.41. The molecule has 0 aliphatic carbocycles. The maximum atomic E-state index is 13.3. The lowest BCUT2D eigenvalue weighted by Crippen LogP contribution is -1.92. The zero-order chi connectivity index (χ0) is 12.3. The summed E-state index contributed by atoms with van der Waals surface area (Å²) in [6.45, 7) is 4.00. The summed E-state index contributed by atoms with van der Waals surface area (Å²) in [5.74, 6) is -2.00. The van der Waals surface area contributed by atoms with E-state index >= 15 is 0 Å². The van der Waals surface area contributed by atoms with Gasteiger partial charge in [0, 0.05) is 17.1 Å². The first-order valence-electron chi connectivity index (χ1n) is 4.96. The normalized spacial score (nSPS) is 9.75. The zero-order valence-electron chi connectivity index (χ0n) is 9.09. The third-order valence-corrected chi connectivity index (χ3v) is 2.02. The molecular weight excluding hydrogens is 212 g/mol. The minimum Gasteiger partial charge on any atom is -0.508 e. The van der Waals surface area contributed by atoms with Crippen molar-refractivity contribution >= 4 is 16.5 Å². The van der Waals surface area contributed by atoms with E-state index in [0.29, 0.717) is 5.39 Å². The number of fused-ring (bicyclic) bond motifs is 1. The Morgan fingerprint density at radius 3 is 2.38 bits per heavy atom. The lowest BCUT2D eigenvalue weighted by Gasteiger charge is -2.04. The molecule has 2 rings (SSSR count). The maximum absolute atomic E-state index is 13.3. The average molecular weight is 225 g/mol. The number of benzene rings is 2. The summed E-state index contributed by atoms with van der Waals surface area (Å²) in [5.41, 5.74) is 5.49. The largest absolute Gasteiger partial charge is 0.508 e. The molecule has 0 unspecified atom stereocenters. The molecule has 3 N–H and O–H groups in total. The molecule has 4 heteroatoms. The number of hydrogen-bond acceptors (Lipinski definition) is 2. The number of hydrogen-bond donors (Lipinski definition) is 2. The zero-order valence-corrected chi connectivity index (χ0v) is 9.09. The summed E-state index contributed by atoms with van der Waals surface area (Å²) in [4.78, 5) is 0. The lowest BCUT2D eigenvalue weighted by molar-refractivity contribution is 0.476. The second-order valence-electron chi connectivity index (χ2n) is 2.99. The van der Waals surface area contributed by atoms with Crippen LogP contribution in [-0.2, 0) is 0 Å². The van der Waals surface area contributed by atoms with E-state index in [1.54, 1.807) is 0 Å². The Morgan fingerprint density at radius 1 is 1.12 bits per heavy atom. The molecule has 86 valence electrons. The SMILES string of the molecule is CC.Nc1cc(O)cc2ccc(F)c(F)c12. The number of nitrogen functional groups attached to an aromatic ring is 1. The summed E-state index contributed by atoms with van der Waals surface area (Å²) in [5, 5.41) is 9.55. The molecule has 0 atom stereocenters. The minimum atomic E-state index is -0.986. The van der Waals surface area contributed by atoms with Gasteiger partial charge in [0.1, 0.15) is 5.75 Å². The van der Waals surface area contributed by atoms with Crippen molar-refractivity contribution in [1.82, 2.24) is 0 Å². The van der Waals surface area contributed by atoms with Gasteiger partial charge < -0.3 is 10.8 Å². The molecule has 16 heavy (non-hydrogen) atoms. The Balaban J connectivity index is 0.000000606. The predicted molar refractivity (Wildman–Crippen MR) is 61.3 cm³/mol. The van der Waals surface area contributed by atoms with Crippen molar-refractivity contribution in [3.63, 3.8) is 0 Å². The first-order chi connectivity index (χ1) is 7.59. The standard InChI is InChI=1S/C10H7F2NO.C2H6/c11-7-2-1-5-3-6(14)4-8(13)9(5)10(7)12;1-2/h1-4,14H,13H2;1-2H3. The molecule has 0 spiro atoms. The molecule has 2 aromatic rings. The molecular formula is C12H13F2NO. The van der Waals surface area contributed by atoms with Crippen LogP contribution >= 0.6 is 0 Å². The highest BCUT2D eigenvalue weighted by Gasteiger charge is 2.10. The van der Waals surface area contributed by atoms with Crippen molar-refractivity contribution in [2.24, 2.45) is 0 Å². The van der Waals surface area contributed by atoms with Crippen molar-refractivity contribution in [2.75, 3.05) is 5.73 Å². The van der Waals surface area contributed by atoms with Crippen molar-refractivity contribution < 1.29 is 13.9 Å². The number of phenolic OH excluding ortho intramolecular Hbond substituents is 1. The Hall–Kier alpha value is -1.84. The smallest absolute Gasteiger partial charge is 0.168 e. The number of nitrogens with two attached hydrogens (primary N) is 1. The highest BCUT2D eigenvalue weighted by atomic mass is 19.2. The molecule has 2 nitrogen and oxygen atoms in total. The third-order valence-electron chi connectivity index (χ3n) is 2.02. The maximum Gasteiger partial charge on any atom is 0.168 e. The topological polar surface area (TPSA) is 46.2 Å². The van der Waals surface area contributed by atoms with E-state index < -0.39 is 11.6 Å². The van der Waals surface area contributed by atoms with Gasteiger partial charge in [-0.15, -0.1) is 0 Å². The molecule has 0 bridgehead atoms. The summed E-state index contributed by atoms with van der Waals surface area (Å²) < 4.78 is 26.1. The van der Waals surface area contributed by atoms with E-state index in [-0.39, 0.29) is 16.8 Å². The van der Waals surface area contributed by atoms with Crippen LogP contribution in [0, 0.1) is 11.6 Å². The van der Waals surface area contributed by atoms with Crippen LogP contribution in [0.5, 0.6) is 5.75 Å². The van der Waals surface area contributed by atoms with Gasteiger partial charge >= 0.3 is 0 Å². The summed E-state index contributed by atoms with van der Waals surface area (Å²) in [6, 6.07) is 4.87. The van der Waals surface area contributed by atoms with E-state index in [1.165, 1.54) is 18.2 Å². The quantitative estimate of drug-likeness (QED) is 0.675. The molecule has 0 saturated heterocycles. The van der Waals surface area contributed by atoms with Crippen LogP contribution < -0.4 is 5.73 Å². The van der Waals surface area contributed by atoms with Crippen LogP contribution in [0.3, 0.4) is 0 Å². The molecule has 0 heterocycles. The average Bonchev–Trinajstić information content (AvgIpc) is 2.26.